The van der Waals surface area contributed by atoms with E-state index in [1.807, 2.05) is 6.92 Å². The topological polar surface area (TPSA) is 18.5 Å². The Labute approximate surface area is 105 Å². The molecule has 0 aromatic rings. The molecule has 17 heavy (non-hydrogen) atoms. The fourth-order valence-electron chi connectivity index (χ4n) is 3.14. The predicted molar refractivity (Wildman–Crippen MR) is 69.9 cm³/mol. The van der Waals surface area contributed by atoms with Crippen LogP contribution in [-0.4, -0.2) is 19.5 Å². The van der Waals surface area contributed by atoms with Crippen molar-refractivity contribution < 1.29 is 9.47 Å². The molecule has 2 rings (SSSR count). The molecule has 0 aliphatic heterocycles. The average Bonchev–Trinajstić information content (AvgIpc) is 2.41. The van der Waals surface area contributed by atoms with Crippen LogP contribution in [0, 0.1) is 5.92 Å². The van der Waals surface area contributed by atoms with E-state index in [4.69, 9.17) is 9.47 Å². The standard InChI is InChI=1S/C15H26O2/c1-2-16-12-17-15-11-7-6-10-14(15)13-8-4-3-5-9-13/h8,14-15H,2-7,9-12H2,1H3. The van der Waals surface area contributed by atoms with Gasteiger partial charge < -0.3 is 9.47 Å². The summed E-state index contributed by atoms with van der Waals surface area (Å²) in [6.07, 6.45) is 13.5. The van der Waals surface area contributed by atoms with E-state index in [1.165, 1.54) is 51.4 Å². The van der Waals surface area contributed by atoms with Gasteiger partial charge in [-0.3, -0.25) is 0 Å². The van der Waals surface area contributed by atoms with Gasteiger partial charge in [-0.25, -0.2) is 0 Å². The molecule has 98 valence electrons. The van der Waals surface area contributed by atoms with Gasteiger partial charge in [0.15, 0.2) is 0 Å². The highest BCUT2D eigenvalue weighted by molar-refractivity contribution is 5.12. The fraction of sp³-hybridized carbons (Fsp3) is 0.867. The lowest BCUT2D eigenvalue weighted by Gasteiger charge is -2.34. The molecule has 2 heteroatoms. The summed E-state index contributed by atoms with van der Waals surface area (Å²) in [5.74, 6) is 0.685. The summed E-state index contributed by atoms with van der Waals surface area (Å²) in [6.45, 7) is 3.25. The zero-order valence-corrected chi connectivity index (χ0v) is 11.1. The first kappa shape index (κ1) is 13.1. The summed E-state index contributed by atoms with van der Waals surface area (Å²) in [5, 5.41) is 0. The van der Waals surface area contributed by atoms with Crippen molar-refractivity contribution in [2.24, 2.45) is 5.92 Å². The summed E-state index contributed by atoms with van der Waals surface area (Å²) < 4.78 is 11.3. The molecule has 0 saturated heterocycles. The molecule has 0 heterocycles. The lowest BCUT2D eigenvalue weighted by atomic mass is 9.78. The third-order valence-electron chi connectivity index (χ3n) is 4.07. The molecule has 2 aliphatic carbocycles. The van der Waals surface area contributed by atoms with Crippen LogP contribution in [0.15, 0.2) is 11.6 Å². The maximum Gasteiger partial charge on any atom is 0.147 e. The maximum absolute atomic E-state index is 5.93. The van der Waals surface area contributed by atoms with Gasteiger partial charge in [-0.1, -0.05) is 24.5 Å². The van der Waals surface area contributed by atoms with Gasteiger partial charge in [0.25, 0.3) is 0 Å². The van der Waals surface area contributed by atoms with Crippen LogP contribution in [0.3, 0.4) is 0 Å². The Morgan fingerprint density at radius 3 is 2.82 bits per heavy atom. The number of hydrogen-bond acceptors (Lipinski definition) is 2. The van der Waals surface area contributed by atoms with Crippen molar-refractivity contribution in [3.63, 3.8) is 0 Å². The minimum absolute atomic E-state index is 0.416. The molecule has 0 amide bonds. The first-order valence-corrected chi connectivity index (χ1v) is 7.30. The number of ether oxygens (including phenoxy) is 2. The lowest BCUT2D eigenvalue weighted by molar-refractivity contribution is -0.108. The van der Waals surface area contributed by atoms with E-state index in [1.54, 1.807) is 5.57 Å². The molecular weight excluding hydrogens is 212 g/mol. The van der Waals surface area contributed by atoms with Crippen LogP contribution in [0.4, 0.5) is 0 Å². The van der Waals surface area contributed by atoms with E-state index < -0.39 is 0 Å². The van der Waals surface area contributed by atoms with Gasteiger partial charge in [0.05, 0.1) is 6.10 Å². The van der Waals surface area contributed by atoms with E-state index in [0.29, 0.717) is 18.8 Å². The number of rotatable bonds is 5. The Kier molecular flexibility index (Phi) is 5.53. The van der Waals surface area contributed by atoms with Gasteiger partial charge in [0.2, 0.25) is 0 Å². The van der Waals surface area contributed by atoms with Crippen molar-refractivity contribution >= 4 is 0 Å². The van der Waals surface area contributed by atoms with Crippen molar-refractivity contribution in [1.82, 2.24) is 0 Å². The quantitative estimate of drug-likeness (QED) is 0.408. The van der Waals surface area contributed by atoms with Gasteiger partial charge in [-0.15, -0.1) is 0 Å². The average molecular weight is 238 g/mol. The molecule has 0 bridgehead atoms. The second kappa shape index (κ2) is 7.17. The third kappa shape index (κ3) is 3.82. The Morgan fingerprint density at radius 1 is 1.18 bits per heavy atom. The van der Waals surface area contributed by atoms with Crippen LogP contribution < -0.4 is 0 Å². The highest BCUT2D eigenvalue weighted by Gasteiger charge is 2.29. The molecule has 1 saturated carbocycles. The lowest BCUT2D eigenvalue weighted by Crippen LogP contribution is -2.30. The Morgan fingerprint density at radius 2 is 2.06 bits per heavy atom. The van der Waals surface area contributed by atoms with E-state index in [0.717, 1.165) is 6.61 Å². The molecule has 0 N–H and O–H groups in total. The normalized spacial score (nSPS) is 30.1. The second-order valence-corrected chi connectivity index (χ2v) is 5.23. The molecule has 2 aliphatic rings. The largest absolute Gasteiger partial charge is 0.356 e. The van der Waals surface area contributed by atoms with Crippen LogP contribution in [0.2, 0.25) is 0 Å². The van der Waals surface area contributed by atoms with Crippen LogP contribution in [-0.2, 0) is 9.47 Å². The molecule has 0 aromatic carbocycles. The molecule has 1 fully saturated rings. The summed E-state index contributed by atoms with van der Waals surface area (Å²) in [7, 11) is 0. The zero-order valence-electron chi connectivity index (χ0n) is 11.1. The monoisotopic (exact) mass is 238 g/mol. The van der Waals surface area contributed by atoms with Crippen molar-refractivity contribution in [2.75, 3.05) is 13.4 Å². The van der Waals surface area contributed by atoms with E-state index in [-0.39, 0.29) is 0 Å². The molecular formula is C15H26O2. The second-order valence-electron chi connectivity index (χ2n) is 5.23. The molecule has 0 radical (unpaired) electrons. The van der Waals surface area contributed by atoms with Crippen molar-refractivity contribution in [2.45, 2.75) is 64.4 Å². The smallest absolute Gasteiger partial charge is 0.147 e. The zero-order chi connectivity index (χ0) is 11.9. The SMILES string of the molecule is CCOCOC1CCCCC1C1=CCCCC1. The van der Waals surface area contributed by atoms with Crippen molar-refractivity contribution in [1.29, 1.82) is 0 Å². The van der Waals surface area contributed by atoms with Crippen LogP contribution >= 0.6 is 0 Å². The van der Waals surface area contributed by atoms with E-state index in [9.17, 15) is 0 Å². The summed E-state index contributed by atoms with van der Waals surface area (Å²) in [4.78, 5) is 0. The first-order chi connectivity index (χ1) is 8.42. The van der Waals surface area contributed by atoms with Crippen LogP contribution in [0.1, 0.15) is 58.3 Å². The van der Waals surface area contributed by atoms with Crippen LogP contribution in [0.5, 0.6) is 0 Å². The van der Waals surface area contributed by atoms with E-state index >= 15 is 0 Å². The van der Waals surface area contributed by atoms with Gasteiger partial charge in [0.1, 0.15) is 6.79 Å². The maximum atomic E-state index is 5.93. The number of hydrogen-bond donors (Lipinski definition) is 0. The molecule has 0 aromatic heterocycles. The minimum atomic E-state index is 0.416. The third-order valence-corrected chi connectivity index (χ3v) is 4.07. The predicted octanol–water partition coefficient (Wildman–Crippen LogP) is 4.06. The Balaban J connectivity index is 1.89. The van der Waals surface area contributed by atoms with E-state index in [2.05, 4.69) is 6.08 Å². The van der Waals surface area contributed by atoms with Crippen molar-refractivity contribution in [3.8, 4) is 0 Å². The number of allylic oxidation sites excluding steroid dienone is 1. The summed E-state index contributed by atoms with van der Waals surface area (Å²) in [6, 6.07) is 0. The van der Waals surface area contributed by atoms with Gasteiger partial charge >= 0.3 is 0 Å². The van der Waals surface area contributed by atoms with Crippen LogP contribution in [0.25, 0.3) is 0 Å². The van der Waals surface area contributed by atoms with Gasteiger partial charge in [-0.05, 0) is 45.4 Å². The Bertz CT molecular complexity index is 247. The molecule has 0 spiro atoms. The fourth-order valence-corrected chi connectivity index (χ4v) is 3.14. The molecule has 2 unspecified atom stereocenters. The molecule has 2 atom stereocenters. The molecule has 2 nitrogen and oxygen atoms in total. The van der Waals surface area contributed by atoms with Gasteiger partial charge in [0, 0.05) is 12.5 Å². The first-order valence-electron chi connectivity index (χ1n) is 7.30. The van der Waals surface area contributed by atoms with Gasteiger partial charge in [-0.2, -0.15) is 0 Å². The summed E-state index contributed by atoms with van der Waals surface area (Å²) >= 11 is 0. The Hall–Kier alpha value is -0.340. The minimum Gasteiger partial charge on any atom is -0.356 e. The highest BCUT2D eigenvalue weighted by atomic mass is 16.7. The highest BCUT2D eigenvalue weighted by Crippen LogP contribution is 2.36. The van der Waals surface area contributed by atoms with Crippen molar-refractivity contribution in [3.05, 3.63) is 11.6 Å². The summed E-state index contributed by atoms with van der Waals surface area (Å²) in [5.41, 5.74) is 1.68.